The molecule has 0 saturated carbocycles. The molecule has 3 nitrogen and oxygen atoms in total. The van der Waals surface area contributed by atoms with Crippen molar-refractivity contribution in [3.05, 3.63) is 155 Å². The molecule has 3 heterocycles. The summed E-state index contributed by atoms with van der Waals surface area (Å²) in [4.78, 5) is 15.5. The highest BCUT2D eigenvalue weighted by Crippen LogP contribution is 2.74. The summed E-state index contributed by atoms with van der Waals surface area (Å²) in [5, 5.41) is 0. The molecule has 0 fully saturated rings. The lowest BCUT2D eigenvalue weighted by molar-refractivity contribution is 0.885. The van der Waals surface area contributed by atoms with Crippen molar-refractivity contribution in [3.8, 4) is 22.5 Å². The number of hydrogen-bond donors (Lipinski definition) is 0. The van der Waals surface area contributed by atoms with Gasteiger partial charge >= 0.3 is 0 Å². The van der Waals surface area contributed by atoms with Gasteiger partial charge in [-0.1, -0.05) is 53.9 Å². The first kappa shape index (κ1) is 25.5. The summed E-state index contributed by atoms with van der Waals surface area (Å²) >= 11 is 0. The standard InChI is InChI=1S/C35H26FN3S/c1-25-16-18-28(31-13-6-9-21-38-31)34(23-25)40(36,33-15-4-3-11-27(33)30-12-5-8-20-37-30)35-24-26(2)17-19-29(35)32-14-7-10-22-39-32/h5-24H,1-2H3. The molecule has 3 aromatic heterocycles. The van der Waals surface area contributed by atoms with Crippen molar-refractivity contribution in [2.75, 3.05) is 0 Å². The van der Waals surface area contributed by atoms with Crippen LogP contribution >= 0.6 is 10.4 Å². The Labute approximate surface area is 235 Å². The van der Waals surface area contributed by atoms with Crippen molar-refractivity contribution < 1.29 is 3.89 Å². The van der Waals surface area contributed by atoms with E-state index in [1.165, 1.54) is 0 Å². The Balaban J connectivity index is 1.76. The van der Waals surface area contributed by atoms with Crippen LogP contribution < -0.4 is 0 Å². The molecule has 5 heteroatoms. The van der Waals surface area contributed by atoms with E-state index in [-0.39, 0.29) is 0 Å². The van der Waals surface area contributed by atoms with Gasteiger partial charge in [0.2, 0.25) is 0 Å². The van der Waals surface area contributed by atoms with Crippen LogP contribution in [0, 0.1) is 13.8 Å². The SMILES string of the molecule is Cc1ccc(-c2ccccn2)c(S(F)(C2=C(c3ccccn3)C=C=C=C2)c2cc(C)ccc2-c2ccccn2)c1. The van der Waals surface area contributed by atoms with Gasteiger partial charge in [-0.2, -0.15) is 3.89 Å². The molecule has 0 saturated heterocycles. The lowest BCUT2D eigenvalue weighted by Gasteiger charge is -2.37. The van der Waals surface area contributed by atoms with Crippen LogP contribution in [-0.4, -0.2) is 15.0 Å². The van der Waals surface area contributed by atoms with Gasteiger partial charge in [-0.3, -0.25) is 15.0 Å². The Kier molecular flexibility index (Phi) is 6.86. The Morgan fingerprint density at radius 3 is 1.52 bits per heavy atom. The number of aryl methyl sites for hydroxylation is 2. The Morgan fingerprint density at radius 1 is 0.575 bits per heavy atom. The molecule has 0 amide bonds. The van der Waals surface area contributed by atoms with Gasteiger partial charge in [0.1, 0.15) is 0 Å². The molecule has 2 aromatic carbocycles. The molecule has 5 aromatic rings. The summed E-state index contributed by atoms with van der Waals surface area (Å²) in [5.41, 5.74) is 12.3. The van der Waals surface area contributed by atoms with Gasteiger partial charge in [-0.05, 0) is 90.0 Å². The van der Waals surface area contributed by atoms with E-state index >= 15 is 3.89 Å². The van der Waals surface area contributed by atoms with Crippen LogP contribution in [-0.2, 0) is 0 Å². The minimum atomic E-state index is -3.43. The Bertz CT molecular complexity index is 1750. The monoisotopic (exact) mass is 539 g/mol. The summed E-state index contributed by atoms with van der Waals surface area (Å²) in [6, 6.07) is 29.0. The third-order valence-electron chi connectivity index (χ3n) is 6.77. The smallest absolute Gasteiger partial charge is 0.0720 e. The summed E-state index contributed by atoms with van der Waals surface area (Å²) in [6.45, 7) is 3.98. The number of aromatic nitrogens is 3. The maximum absolute atomic E-state index is 19.2. The summed E-state index contributed by atoms with van der Waals surface area (Å²) in [7, 11) is -3.43. The summed E-state index contributed by atoms with van der Waals surface area (Å²) in [6.07, 6.45) is 8.72. The molecule has 0 aliphatic heterocycles. The average molecular weight is 540 g/mol. The van der Waals surface area contributed by atoms with Crippen molar-refractivity contribution >= 4 is 16.0 Å². The van der Waals surface area contributed by atoms with E-state index < -0.39 is 10.4 Å². The minimum absolute atomic E-state index is 0.510. The summed E-state index contributed by atoms with van der Waals surface area (Å²) < 4.78 is 19.2. The van der Waals surface area contributed by atoms with Gasteiger partial charge < -0.3 is 0 Å². The lowest BCUT2D eigenvalue weighted by Crippen LogP contribution is -2.07. The van der Waals surface area contributed by atoms with Crippen LogP contribution in [0.5, 0.6) is 0 Å². The van der Waals surface area contributed by atoms with Crippen molar-refractivity contribution in [1.29, 1.82) is 0 Å². The second kappa shape index (κ2) is 10.8. The minimum Gasteiger partial charge on any atom is -0.256 e. The van der Waals surface area contributed by atoms with Crippen molar-refractivity contribution in [3.63, 3.8) is 0 Å². The number of nitrogens with zero attached hydrogens (tertiary/aromatic N) is 3. The third kappa shape index (κ3) is 4.64. The molecule has 0 N–H and O–H groups in total. The molecule has 40 heavy (non-hydrogen) atoms. The highest BCUT2D eigenvalue weighted by Gasteiger charge is 2.39. The molecule has 0 unspecified atom stereocenters. The molecule has 0 spiro atoms. The van der Waals surface area contributed by atoms with Gasteiger partial charge in [0, 0.05) is 56.1 Å². The van der Waals surface area contributed by atoms with Crippen LogP contribution in [0.25, 0.3) is 28.1 Å². The van der Waals surface area contributed by atoms with Crippen molar-refractivity contribution in [2.24, 2.45) is 0 Å². The van der Waals surface area contributed by atoms with Crippen LogP contribution in [0.15, 0.2) is 148 Å². The first-order valence-corrected chi connectivity index (χ1v) is 14.5. The molecular formula is C35H26FN3S. The normalized spacial score (nSPS) is 13.1. The largest absolute Gasteiger partial charge is 0.256 e. The topological polar surface area (TPSA) is 38.7 Å². The van der Waals surface area contributed by atoms with Crippen molar-refractivity contribution in [2.45, 2.75) is 23.6 Å². The molecule has 0 atom stereocenters. The molecule has 6 rings (SSSR count). The number of allylic oxidation sites excluding steroid dienone is 3. The van der Waals surface area contributed by atoms with E-state index in [1.54, 1.807) is 30.7 Å². The molecule has 1 aliphatic rings. The van der Waals surface area contributed by atoms with E-state index in [1.807, 2.05) is 105 Å². The molecule has 0 bridgehead atoms. The van der Waals surface area contributed by atoms with Crippen LogP contribution in [0.3, 0.4) is 0 Å². The van der Waals surface area contributed by atoms with E-state index in [0.717, 1.165) is 22.3 Å². The van der Waals surface area contributed by atoms with Gasteiger partial charge in [0.25, 0.3) is 0 Å². The van der Waals surface area contributed by atoms with E-state index in [9.17, 15) is 0 Å². The van der Waals surface area contributed by atoms with Gasteiger partial charge in [0.15, 0.2) is 0 Å². The number of benzene rings is 2. The average Bonchev–Trinajstić information content (AvgIpc) is 3.02. The Hall–Kier alpha value is -4.79. The van der Waals surface area contributed by atoms with Gasteiger partial charge in [0.05, 0.1) is 17.1 Å². The zero-order chi connectivity index (χ0) is 27.5. The van der Waals surface area contributed by atoms with E-state index in [2.05, 4.69) is 26.4 Å². The number of halogens is 1. The molecule has 1 aliphatic carbocycles. The molecular weight excluding hydrogens is 513 g/mol. The highest BCUT2D eigenvalue weighted by molar-refractivity contribution is 8.33. The zero-order valence-electron chi connectivity index (χ0n) is 22.2. The zero-order valence-corrected chi connectivity index (χ0v) is 23.0. The molecule has 0 radical (unpaired) electrons. The second-order valence-corrected chi connectivity index (χ2v) is 11.9. The number of pyridine rings is 3. The number of rotatable bonds is 6. The lowest BCUT2D eigenvalue weighted by atomic mass is 10.1. The third-order valence-corrected chi connectivity index (χ3v) is 9.61. The maximum Gasteiger partial charge on any atom is 0.0720 e. The highest BCUT2D eigenvalue weighted by atomic mass is 32.3. The van der Waals surface area contributed by atoms with Crippen LogP contribution in [0.2, 0.25) is 0 Å². The van der Waals surface area contributed by atoms with Gasteiger partial charge in [-0.15, -0.1) is 0 Å². The fraction of sp³-hybridized carbons (Fsp3) is 0.0571. The fourth-order valence-electron chi connectivity index (χ4n) is 4.87. The van der Waals surface area contributed by atoms with Crippen LogP contribution in [0.1, 0.15) is 16.8 Å². The fourth-order valence-corrected chi connectivity index (χ4v) is 7.92. The van der Waals surface area contributed by atoms with E-state index in [0.29, 0.717) is 37.4 Å². The first-order chi connectivity index (χ1) is 19.6. The Morgan fingerprint density at radius 2 is 1.05 bits per heavy atom. The van der Waals surface area contributed by atoms with Crippen LogP contribution in [0.4, 0.5) is 3.89 Å². The maximum atomic E-state index is 19.2. The van der Waals surface area contributed by atoms with Gasteiger partial charge in [-0.25, -0.2) is 0 Å². The first-order valence-electron chi connectivity index (χ1n) is 13.0. The quantitative estimate of drug-likeness (QED) is 0.202. The predicted molar refractivity (Wildman–Crippen MR) is 161 cm³/mol. The molecule has 194 valence electrons. The summed E-state index contributed by atoms with van der Waals surface area (Å²) in [5.74, 6) is 0. The van der Waals surface area contributed by atoms with Crippen molar-refractivity contribution in [1.82, 2.24) is 15.0 Å². The van der Waals surface area contributed by atoms with E-state index in [4.69, 9.17) is 0 Å². The predicted octanol–water partition coefficient (Wildman–Crippen LogP) is 9.22. The second-order valence-electron chi connectivity index (χ2n) is 9.54. The number of hydrogen-bond acceptors (Lipinski definition) is 3.